The molecular formula is C34H48O12. The van der Waals surface area contributed by atoms with Gasteiger partial charge in [-0.15, -0.1) is 0 Å². The van der Waals surface area contributed by atoms with Crippen molar-refractivity contribution < 1.29 is 57.5 Å². The minimum absolute atomic E-state index is 0.0340. The van der Waals surface area contributed by atoms with Crippen molar-refractivity contribution in [3.05, 3.63) is 23.8 Å². The Labute approximate surface area is 270 Å². The predicted octanol–water partition coefficient (Wildman–Crippen LogP) is 3.80. The largest absolute Gasteiger partial charge is 0.461 e. The lowest BCUT2D eigenvalue weighted by Gasteiger charge is -2.55. The van der Waals surface area contributed by atoms with Gasteiger partial charge in [-0.3, -0.25) is 19.2 Å². The lowest BCUT2D eigenvalue weighted by molar-refractivity contribution is -0.220. The third-order valence-corrected chi connectivity index (χ3v) is 10.1. The van der Waals surface area contributed by atoms with Crippen molar-refractivity contribution in [2.24, 2.45) is 11.3 Å². The first kappa shape index (κ1) is 35.6. The van der Waals surface area contributed by atoms with E-state index < -0.39 is 88.5 Å². The van der Waals surface area contributed by atoms with Crippen LogP contribution in [0, 0.1) is 11.3 Å². The Morgan fingerprint density at radius 1 is 0.935 bits per heavy atom. The van der Waals surface area contributed by atoms with Gasteiger partial charge >= 0.3 is 29.8 Å². The Morgan fingerprint density at radius 3 is 2.15 bits per heavy atom. The van der Waals surface area contributed by atoms with Crippen LogP contribution in [-0.2, 0) is 52.4 Å². The fraction of sp³-hybridized carbons (Fsp3) is 0.735. The van der Waals surface area contributed by atoms with Gasteiger partial charge in [-0.2, -0.15) is 0 Å². The average Bonchev–Trinajstić information content (AvgIpc) is 3.53. The van der Waals surface area contributed by atoms with Gasteiger partial charge in [0.05, 0.1) is 0 Å². The number of fused-ring (bicyclic) bond motifs is 1. The molecule has 4 rings (SSSR count). The second-order valence-corrected chi connectivity index (χ2v) is 13.6. The summed E-state index contributed by atoms with van der Waals surface area (Å²) >= 11 is 0. The summed E-state index contributed by atoms with van der Waals surface area (Å²) in [7, 11) is 0. The van der Waals surface area contributed by atoms with E-state index in [2.05, 4.69) is 6.92 Å². The number of esters is 5. The quantitative estimate of drug-likeness (QED) is 0.120. The summed E-state index contributed by atoms with van der Waals surface area (Å²) < 4.78 is 35.5. The molecule has 0 bridgehead atoms. The topological polar surface area (TPSA) is 164 Å². The van der Waals surface area contributed by atoms with E-state index in [4.69, 9.17) is 28.4 Å². The summed E-state index contributed by atoms with van der Waals surface area (Å²) in [6.45, 7) is 12.1. The molecule has 2 unspecified atom stereocenters. The third kappa shape index (κ3) is 6.34. The van der Waals surface area contributed by atoms with E-state index >= 15 is 0 Å². The third-order valence-electron chi connectivity index (χ3n) is 10.1. The fourth-order valence-electron chi connectivity index (χ4n) is 7.65. The molecule has 0 saturated carbocycles. The van der Waals surface area contributed by atoms with E-state index in [0.29, 0.717) is 12.0 Å². The van der Waals surface area contributed by atoms with Crippen LogP contribution in [0.1, 0.15) is 100 Å². The molecule has 1 spiro atoms. The normalized spacial score (nSPS) is 40.5. The minimum Gasteiger partial charge on any atom is -0.461 e. The Kier molecular flexibility index (Phi) is 10.1. The van der Waals surface area contributed by atoms with E-state index in [9.17, 15) is 29.1 Å². The maximum Gasteiger partial charge on any atom is 0.342 e. The molecule has 12 heteroatoms. The summed E-state index contributed by atoms with van der Waals surface area (Å²) in [5.74, 6) is -4.35. The zero-order chi connectivity index (χ0) is 34.2. The van der Waals surface area contributed by atoms with Gasteiger partial charge in [0.25, 0.3) is 0 Å². The number of hydrogen-bond donors (Lipinski definition) is 1. The number of epoxide rings is 1. The summed E-state index contributed by atoms with van der Waals surface area (Å²) in [5, 5.41) is 12.3. The summed E-state index contributed by atoms with van der Waals surface area (Å²) in [4.78, 5) is 63.9. The first-order valence-corrected chi connectivity index (χ1v) is 16.2. The van der Waals surface area contributed by atoms with E-state index in [1.807, 2.05) is 0 Å². The Bertz CT molecular complexity index is 1300. The highest BCUT2D eigenvalue weighted by molar-refractivity contribution is 5.89. The molecule has 2 aliphatic carbocycles. The Hall–Kier alpha value is -3.25. The van der Waals surface area contributed by atoms with Crippen molar-refractivity contribution in [1.29, 1.82) is 0 Å². The van der Waals surface area contributed by atoms with Gasteiger partial charge in [-0.25, -0.2) is 4.79 Å². The zero-order valence-corrected chi connectivity index (χ0v) is 28.1. The lowest BCUT2D eigenvalue weighted by Crippen LogP contribution is -2.67. The number of rotatable bonds is 10. The molecule has 2 aliphatic heterocycles. The smallest absolute Gasteiger partial charge is 0.342 e. The van der Waals surface area contributed by atoms with Gasteiger partial charge in [0.2, 0.25) is 0 Å². The second-order valence-electron chi connectivity index (χ2n) is 13.6. The molecular weight excluding hydrogens is 600 g/mol. The van der Waals surface area contributed by atoms with Crippen molar-refractivity contribution in [3.8, 4) is 0 Å². The van der Waals surface area contributed by atoms with E-state index in [0.717, 1.165) is 25.7 Å². The highest BCUT2D eigenvalue weighted by atomic mass is 16.7. The van der Waals surface area contributed by atoms with Gasteiger partial charge in [0, 0.05) is 44.9 Å². The Morgan fingerprint density at radius 2 is 1.57 bits per heavy atom. The molecule has 2 fully saturated rings. The molecule has 2 saturated heterocycles. The fourth-order valence-corrected chi connectivity index (χ4v) is 7.65. The van der Waals surface area contributed by atoms with Crippen molar-refractivity contribution in [3.63, 3.8) is 0 Å². The summed E-state index contributed by atoms with van der Waals surface area (Å²) in [6.07, 6.45) is 3.99. The van der Waals surface area contributed by atoms with Crippen LogP contribution in [0.5, 0.6) is 0 Å². The first-order chi connectivity index (χ1) is 21.4. The second kappa shape index (κ2) is 13.1. The van der Waals surface area contributed by atoms with Crippen LogP contribution in [0.3, 0.4) is 0 Å². The zero-order valence-electron chi connectivity index (χ0n) is 28.1. The van der Waals surface area contributed by atoms with Crippen LogP contribution in [-0.4, -0.2) is 82.3 Å². The van der Waals surface area contributed by atoms with Crippen molar-refractivity contribution in [2.75, 3.05) is 0 Å². The molecule has 12 nitrogen and oxygen atoms in total. The first-order valence-electron chi connectivity index (χ1n) is 16.2. The van der Waals surface area contributed by atoms with Crippen molar-refractivity contribution in [1.82, 2.24) is 0 Å². The lowest BCUT2D eigenvalue weighted by atomic mass is 9.55. The molecule has 2 heterocycles. The molecule has 256 valence electrons. The molecule has 4 aliphatic rings. The molecule has 0 amide bonds. The highest BCUT2D eigenvalue weighted by Gasteiger charge is 2.87. The van der Waals surface area contributed by atoms with Crippen LogP contribution in [0.25, 0.3) is 0 Å². The molecule has 0 aromatic carbocycles. The molecule has 0 aromatic rings. The van der Waals surface area contributed by atoms with Crippen LogP contribution in [0.15, 0.2) is 23.8 Å². The number of carbonyl (C=O) groups is 5. The van der Waals surface area contributed by atoms with Gasteiger partial charge in [-0.1, -0.05) is 45.6 Å². The van der Waals surface area contributed by atoms with Crippen LogP contribution in [0.4, 0.5) is 0 Å². The van der Waals surface area contributed by atoms with Gasteiger partial charge in [-0.05, 0) is 44.9 Å². The predicted molar refractivity (Wildman–Crippen MR) is 162 cm³/mol. The molecule has 0 aromatic heterocycles. The number of unbranched alkanes of at least 4 members (excludes halogenated alkanes) is 4. The van der Waals surface area contributed by atoms with Crippen molar-refractivity contribution >= 4 is 29.8 Å². The maximum atomic E-state index is 13.3. The number of aliphatic hydroxyl groups is 1. The highest BCUT2D eigenvalue weighted by Crippen LogP contribution is 2.65. The van der Waals surface area contributed by atoms with Gasteiger partial charge in [0.1, 0.15) is 30.0 Å². The van der Waals surface area contributed by atoms with E-state index in [-0.39, 0.29) is 12.8 Å². The monoisotopic (exact) mass is 648 g/mol. The molecule has 10 atom stereocenters. The van der Waals surface area contributed by atoms with Gasteiger partial charge < -0.3 is 33.5 Å². The van der Waals surface area contributed by atoms with Crippen molar-refractivity contribution in [2.45, 2.75) is 148 Å². The van der Waals surface area contributed by atoms with E-state index in [1.165, 1.54) is 40.7 Å². The van der Waals surface area contributed by atoms with Gasteiger partial charge in [0.15, 0.2) is 17.3 Å². The number of ether oxygens (including phenoxy) is 6. The van der Waals surface area contributed by atoms with Crippen LogP contribution >= 0.6 is 0 Å². The summed E-state index contributed by atoms with van der Waals surface area (Å²) in [6, 6.07) is 0. The molecule has 0 radical (unpaired) electrons. The SMILES string of the molecule is CCCCCCCC(=O)OC1C[C@H](OC(C)=O)[C@@]2(C)C=C[C@@H](OC(C)=O)[C@@](C)(O)[C@@H]2C(OC(C)=O)[C@]23O[C@@]2(C)C(=O)O[C@H]3/C=C\1C. The standard InChI is InChI=1S/C34H48O12/c1-9-10-11-12-13-14-27(38)44-23-18-25(42-21(4)36)31(6)16-15-24(41-20(3)35)32(7,40)28(31)29(43-22(5)37)34-26(17-19(23)2)45-30(39)33(34,8)46-34/h15-17,23-26,28-29,40H,9-14,18H2,1-8H3/b19-17-/t23?,24-,25+,26+,28-,29?,31-,32-,33+,34+/m1/s1. The average molecular weight is 649 g/mol. The molecule has 46 heavy (non-hydrogen) atoms. The maximum absolute atomic E-state index is 13.3. The molecule has 1 N–H and O–H groups in total. The van der Waals surface area contributed by atoms with E-state index in [1.54, 1.807) is 26.0 Å². The summed E-state index contributed by atoms with van der Waals surface area (Å²) in [5.41, 5.74) is -5.99. The minimum atomic E-state index is -1.96. The Balaban J connectivity index is 1.89. The van der Waals surface area contributed by atoms with Crippen LogP contribution in [0.2, 0.25) is 0 Å². The number of hydrogen-bond acceptors (Lipinski definition) is 12. The van der Waals surface area contributed by atoms with Crippen LogP contribution < -0.4 is 0 Å². The number of carbonyl (C=O) groups excluding carboxylic acids is 5.